The zero-order valence-corrected chi connectivity index (χ0v) is 12.9. The second-order valence-electron chi connectivity index (χ2n) is 4.81. The van der Waals surface area contributed by atoms with Crippen molar-refractivity contribution in [2.45, 2.75) is 32.4 Å². The molecule has 0 saturated heterocycles. The smallest absolute Gasteiger partial charge is 0.123 e. The van der Waals surface area contributed by atoms with Crippen molar-refractivity contribution in [1.82, 2.24) is 5.32 Å². The van der Waals surface area contributed by atoms with Gasteiger partial charge in [0, 0.05) is 12.1 Å². The van der Waals surface area contributed by atoms with E-state index in [1.54, 1.807) is 0 Å². The van der Waals surface area contributed by atoms with Gasteiger partial charge in [0.1, 0.15) is 5.82 Å². The Kier molecular flexibility index (Phi) is 6.76. The summed E-state index contributed by atoms with van der Waals surface area (Å²) in [6, 6.07) is 17.6. The van der Waals surface area contributed by atoms with Crippen molar-refractivity contribution in [2.24, 2.45) is 0 Å². The highest BCUT2D eigenvalue weighted by molar-refractivity contribution is 7.59. The zero-order valence-electron chi connectivity index (χ0n) is 11.9. The monoisotopic (exact) mass is 291 g/mol. The molecule has 0 spiro atoms. The Morgan fingerprint density at radius 1 is 0.950 bits per heavy atom. The molecule has 1 nitrogen and oxygen atoms in total. The number of halogens is 1. The summed E-state index contributed by atoms with van der Waals surface area (Å²) in [6.07, 6.45) is 0.975. The van der Waals surface area contributed by atoms with Gasteiger partial charge < -0.3 is 5.32 Å². The molecule has 2 unspecified atom stereocenters. The highest BCUT2D eigenvalue weighted by Gasteiger charge is 2.13. The third-order valence-electron chi connectivity index (χ3n) is 3.43. The molecule has 0 bridgehead atoms. The highest BCUT2D eigenvalue weighted by Crippen LogP contribution is 2.22. The second kappa shape index (κ2) is 8.08. The first-order valence-corrected chi connectivity index (χ1v) is 6.77. The molecule has 0 saturated carbocycles. The fourth-order valence-electron chi connectivity index (χ4n) is 2.28. The van der Waals surface area contributed by atoms with Crippen LogP contribution in [0.2, 0.25) is 0 Å². The predicted octanol–water partition coefficient (Wildman–Crippen LogP) is 4.74. The summed E-state index contributed by atoms with van der Waals surface area (Å²) in [5.41, 5.74) is 2.40. The third kappa shape index (κ3) is 4.36. The molecular formula is C17H22FNS. The van der Waals surface area contributed by atoms with E-state index in [0.717, 1.165) is 12.0 Å². The molecule has 0 aliphatic carbocycles. The predicted molar refractivity (Wildman–Crippen MR) is 87.8 cm³/mol. The standard InChI is InChI=1S/C17H20FN.H2S/c1-3-17(15-9-11-16(18)12-10-15)19-13(2)14-7-5-4-6-8-14;/h4-13,17,19H,3H2,1-2H3;1H2. The van der Waals surface area contributed by atoms with E-state index in [4.69, 9.17) is 0 Å². The Balaban J connectivity index is 0.00000200. The minimum atomic E-state index is -0.185. The van der Waals surface area contributed by atoms with Gasteiger partial charge in [0.25, 0.3) is 0 Å². The van der Waals surface area contributed by atoms with Gasteiger partial charge in [-0.05, 0) is 36.6 Å². The van der Waals surface area contributed by atoms with E-state index < -0.39 is 0 Å². The SMILES string of the molecule is CCC(NC(C)c1ccccc1)c1ccc(F)cc1.S. The summed E-state index contributed by atoms with van der Waals surface area (Å²) >= 11 is 0. The van der Waals surface area contributed by atoms with Crippen molar-refractivity contribution >= 4 is 13.5 Å². The zero-order chi connectivity index (χ0) is 13.7. The van der Waals surface area contributed by atoms with Crippen LogP contribution < -0.4 is 5.32 Å². The lowest BCUT2D eigenvalue weighted by molar-refractivity contribution is 0.456. The van der Waals surface area contributed by atoms with E-state index >= 15 is 0 Å². The first-order chi connectivity index (χ1) is 9.20. The first-order valence-electron chi connectivity index (χ1n) is 6.77. The highest BCUT2D eigenvalue weighted by atomic mass is 32.1. The van der Waals surface area contributed by atoms with Gasteiger partial charge in [-0.2, -0.15) is 13.5 Å². The maximum atomic E-state index is 13.0. The van der Waals surface area contributed by atoms with Crippen LogP contribution in [0, 0.1) is 5.82 Å². The van der Waals surface area contributed by atoms with E-state index in [-0.39, 0.29) is 31.4 Å². The largest absolute Gasteiger partial charge is 0.303 e. The number of nitrogens with one attached hydrogen (secondary N) is 1. The lowest BCUT2D eigenvalue weighted by atomic mass is 10.0. The van der Waals surface area contributed by atoms with Gasteiger partial charge in [0.15, 0.2) is 0 Å². The van der Waals surface area contributed by atoms with Gasteiger partial charge in [-0.25, -0.2) is 4.39 Å². The van der Waals surface area contributed by atoms with Gasteiger partial charge in [0.2, 0.25) is 0 Å². The molecule has 0 aromatic heterocycles. The Labute approximate surface area is 127 Å². The number of benzene rings is 2. The van der Waals surface area contributed by atoms with Crippen molar-refractivity contribution in [1.29, 1.82) is 0 Å². The van der Waals surface area contributed by atoms with Crippen LogP contribution in [0.1, 0.15) is 43.5 Å². The van der Waals surface area contributed by atoms with Crippen LogP contribution in [0.15, 0.2) is 54.6 Å². The van der Waals surface area contributed by atoms with Crippen LogP contribution in [0.3, 0.4) is 0 Å². The lowest BCUT2D eigenvalue weighted by Crippen LogP contribution is -2.24. The third-order valence-corrected chi connectivity index (χ3v) is 3.43. The summed E-state index contributed by atoms with van der Waals surface area (Å²) in [5, 5.41) is 3.60. The maximum Gasteiger partial charge on any atom is 0.123 e. The molecule has 0 heterocycles. The topological polar surface area (TPSA) is 12.0 Å². The normalized spacial score (nSPS) is 13.3. The van der Waals surface area contributed by atoms with E-state index in [9.17, 15) is 4.39 Å². The van der Waals surface area contributed by atoms with Crippen LogP contribution >= 0.6 is 13.5 Å². The molecular weight excluding hydrogens is 269 g/mol. The van der Waals surface area contributed by atoms with Crippen molar-refractivity contribution in [3.63, 3.8) is 0 Å². The Hall–Kier alpha value is -1.32. The molecule has 108 valence electrons. The molecule has 20 heavy (non-hydrogen) atoms. The maximum absolute atomic E-state index is 13.0. The number of rotatable bonds is 5. The van der Waals surface area contributed by atoms with Crippen LogP contribution in [0.4, 0.5) is 4.39 Å². The minimum absolute atomic E-state index is 0. The van der Waals surface area contributed by atoms with E-state index in [1.807, 2.05) is 30.3 Å². The summed E-state index contributed by atoms with van der Waals surface area (Å²) in [7, 11) is 0. The molecule has 0 aliphatic rings. The molecule has 2 rings (SSSR count). The van der Waals surface area contributed by atoms with Crippen molar-refractivity contribution in [3.05, 3.63) is 71.5 Å². The quantitative estimate of drug-likeness (QED) is 0.839. The molecule has 0 amide bonds. The Bertz CT molecular complexity index is 498. The number of hydrogen-bond donors (Lipinski definition) is 1. The molecule has 1 N–H and O–H groups in total. The molecule has 2 aromatic rings. The summed E-state index contributed by atoms with van der Waals surface area (Å²) < 4.78 is 13.0. The van der Waals surface area contributed by atoms with Gasteiger partial charge in [0.05, 0.1) is 0 Å². The minimum Gasteiger partial charge on any atom is -0.303 e. The van der Waals surface area contributed by atoms with Crippen molar-refractivity contribution in [2.75, 3.05) is 0 Å². The van der Waals surface area contributed by atoms with Crippen LogP contribution in [-0.2, 0) is 0 Å². The molecule has 2 aromatic carbocycles. The Morgan fingerprint density at radius 3 is 2.10 bits per heavy atom. The average Bonchev–Trinajstić information content (AvgIpc) is 2.46. The van der Waals surface area contributed by atoms with Gasteiger partial charge >= 0.3 is 0 Å². The average molecular weight is 291 g/mol. The van der Waals surface area contributed by atoms with Gasteiger partial charge in [-0.3, -0.25) is 0 Å². The summed E-state index contributed by atoms with van der Waals surface area (Å²) in [5.74, 6) is -0.185. The summed E-state index contributed by atoms with van der Waals surface area (Å²) in [4.78, 5) is 0. The molecule has 0 aliphatic heterocycles. The van der Waals surface area contributed by atoms with Crippen molar-refractivity contribution in [3.8, 4) is 0 Å². The molecule has 0 radical (unpaired) electrons. The lowest BCUT2D eigenvalue weighted by Gasteiger charge is -2.23. The van der Waals surface area contributed by atoms with Crippen LogP contribution in [0.25, 0.3) is 0 Å². The summed E-state index contributed by atoms with van der Waals surface area (Å²) in [6.45, 7) is 4.29. The van der Waals surface area contributed by atoms with Gasteiger partial charge in [-0.15, -0.1) is 0 Å². The van der Waals surface area contributed by atoms with Crippen LogP contribution in [0.5, 0.6) is 0 Å². The van der Waals surface area contributed by atoms with Crippen molar-refractivity contribution < 1.29 is 4.39 Å². The second-order valence-corrected chi connectivity index (χ2v) is 4.81. The first kappa shape index (κ1) is 16.7. The number of hydrogen-bond acceptors (Lipinski definition) is 1. The molecule has 3 heteroatoms. The molecule has 0 fully saturated rings. The van der Waals surface area contributed by atoms with Gasteiger partial charge in [-0.1, -0.05) is 49.4 Å². The van der Waals surface area contributed by atoms with E-state index in [2.05, 4.69) is 31.3 Å². The van der Waals surface area contributed by atoms with E-state index in [0.29, 0.717) is 0 Å². The van der Waals surface area contributed by atoms with Crippen LogP contribution in [-0.4, -0.2) is 0 Å². The Morgan fingerprint density at radius 2 is 1.55 bits per heavy atom. The van der Waals surface area contributed by atoms with E-state index in [1.165, 1.54) is 17.7 Å². The fraction of sp³-hybridized carbons (Fsp3) is 0.294. The fourth-order valence-corrected chi connectivity index (χ4v) is 2.28. The molecule has 2 atom stereocenters.